The van der Waals surface area contributed by atoms with E-state index in [-0.39, 0.29) is 46.7 Å². The van der Waals surface area contributed by atoms with E-state index in [2.05, 4.69) is 10.3 Å². The van der Waals surface area contributed by atoms with Crippen molar-refractivity contribution in [3.8, 4) is 0 Å². The molecule has 3 heterocycles. The van der Waals surface area contributed by atoms with Gasteiger partial charge in [-0.2, -0.15) is 0 Å². The molecule has 1 aliphatic rings. The van der Waals surface area contributed by atoms with E-state index in [1.165, 1.54) is 27.5 Å². The fraction of sp³-hybridized carbons (Fsp3) is 0.143. The number of aromatic nitrogens is 2. The Kier molecular flexibility index (Phi) is 7.37. The molecule has 10 heteroatoms. The lowest BCUT2D eigenvalue weighted by Gasteiger charge is -2.15. The molecule has 0 saturated carbocycles. The van der Waals surface area contributed by atoms with Crippen LogP contribution in [0.15, 0.2) is 82.6 Å². The SMILES string of the molecule is Cc1ccc2nc(NCC(O)c3ccccc3)c(C=C3SC(=S)N(Cc4ccc(F)cc4)C3=O)c(=O)n2c1. The van der Waals surface area contributed by atoms with Crippen LogP contribution < -0.4 is 10.9 Å². The van der Waals surface area contributed by atoms with Crippen LogP contribution in [0.25, 0.3) is 11.7 Å². The summed E-state index contributed by atoms with van der Waals surface area (Å²) in [5, 5.41) is 13.7. The van der Waals surface area contributed by atoms with Crippen molar-refractivity contribution in [1.82, 2.24) is 14.3 Å². The number of hydrogen-bond donors (Lipinski definition) is 2. The molecule has 5 rings (SSSR count). The van der Waals surface area contributed by atoms with Gasteiger partial charge in [0, 0.05) is 12.7 Å². The van der Waals surface area contributed by atoms with Gasteiger partial charge in [0.1, 0.15) is 21.6 Å². The Morgan fingerprint density at radius 1 is 1.11 bits per heavy atom. The van der Waals surface area contributed by atoms with Crippen LogP contribution in [0.2, 0.25) is 0 Å². The smallest absolute Gasteiger partial charge is 0.267 e. The molecule has 2 aromatic heterocycles. The van der Waals surface area contributed by atoms with Crippen LogP contribution in [0.1, 0.15) is 28.4 Å². The molecule has 38 heavy (non-hydrogen) atoms. The van der Waals surface area contributed by atoms with Crippen LogP contribution in [0, 0.1) is 12.7 Å². The van der Waals surface area contributed by atoms with Gasteiger partial charge in [0.15, 0.2) is 0 Å². The number of aryl methyl sites for hydroxylation is 1. The lowest BCUT2D eigenvalue weighted by molar-refractivity contribution is -0.122. The Balaban J connectivity index is 1.49. The average Bonchev–Trinajstić information content (AvgIpc) is 3.18. The van der Waals surface area contributed by atoms with Crippen LogP contribution in [0.4, 0.5) is 10.2 Å². The standard InChI is InChI=1S/C28H23FN4O3S2/c1-17-7-12-24-31-25(30-14-22(34)19-5-3-2-4-6-19)21(26(35)32(24)15-17)13-23-27(36)33(28(37)38-23)16-18-8-10-20(29)11-9-18/h2-13,15,22,30,34H,14,16H2,1H3. The van der Waals surface area contributed by atoms with Crippen molar-refractivity contribution < 1.29 is 14.3 Å². The average molecular weight is 547 g/mol. The Morgan fingerprint density at radius 3 is 2.58 bits per heavy atom. The van der Waals surface area contributed by atoms with Crippen molar-refractivity contribution in [2.24, 2.45) is 0 Å². The lowest BCUT2D eigenvalue weighted by Crippen LogP contribution is -2.27. The fourth-order valence-corrected chi connectivity index (χ4v) is 5.29. The van der Waals surface area contributed by atoms with Crippen molar-refractivity contribution in [2.75, 3.05) is 11.9 Å². The normalized spacial score (nSPS) is 15.4. The number of benzene rings is 2. The summed E-state index contributed by atoms with van der Waals surface area (Å²) in [4.78, 5) is 33.1. The number of carbonyl (C=O) groups excluding carboxylic acids is 1. The third-order valence-corrected chi connectivity index (χ3v) is 7.43. The molecule has 1 unspecified atom stereocenters. The fourth-order valence-electron chi connectivity index (χ4n) is 4.05. The second-order valence-electron chi connectivity index (χ2n) is 8.82. The van der Waals surface area contributed by atoms with Gasteiger partial charge in [-0.05, 0) is 47.9 Å². The molecule has 0 bridgehead atoms. The number of pyridine rings is 1. The molecule has 2 aromatic carbocycles. The quantitative estimate of drug-likeness (QED) is 0.257. The Morgan fingerprint density at radius 2 is 1.84 bits per heavy atom. The predicted octanol–water partition coefficient (Wildman–Crippen LogP) is 4.69. The zero-order valence-corrected chi connectivity index (χ0v) is 21.9. The number of thioether (sulfide) groups is 1. The maximum atomic E-state index is 13.6. The van der Waals surface area contributed by atoms with Crippen molar-refractivity contribution in [3.05, 3.63) is 116 Å². The number of hydrogen-bond acceptors (Lipinski definition) is 7. The minimum absolute atomic E-state index is 0.102. The molecule has 0 spiro atoms. The van der Waals surface area contributed by atoms with Crippen LogP contribution >= 0.6 is 24.0 Å². The van der Waals surface area contributed by atoms with Gasteiger partial charge in [-0.15, -0.1) is 0 Å². The number of rotatable bonds is 7. The van der Waals surface area contributed by atoms with E-state index in [4.69, 9.17) is 12.2 Å². The highest BCUT2D eigenvalue weighted by atomic mass is 32.2. The molecule has 1 saturated heterocycles. The molecule has 4 aromatic rings. The summed E-state index contributed by atoms with van der Waals surface area (Å²) >= 11 is 6.53. The number of anilines is 1. The first-order valence-electron chi connectivity index (χ1n) is 11.8. The number of nitrogens with zero attached hydrogens (tertiary/aromatic N) is 3. The first-order valence-corrected chi connectivity index (χ1v) is 13.0. The Hall–Kier alpha value is -3.86. The van der Waals surface area contributed by atoms with Gasteiger partial charge in [-0.3, -0.25) is 18.9 Å². The molecule has 192 valence electrons. The van der Waals surface area contributed by atoms with Crippen LogP contribution in [0.5, 0.6) is 0 Å². The van der Waals surface area contributed by atoms with Gasteiger partial charge < -0.3 is 10.4 Å². The highest BCUT2D eigenvalue weighted by molar-refractivity contribution is 8.26. The van der Waals surface area contributed by atoms with Crippen molar-refractivity contribution >= 4 is 51.7 Å². The monoisotopic (exact) mass is 546 g/mol. The number of thiocarbonyl (C=S) groups is 1. The summed E-state index contributed by atoms with van der Waals surface area (Å²) in [6.07, 6.45) is 2.34. The summed E-state index contributed by atoms with van der Waals surface area (Å²) in [6.45, 7) is 2.16. The molecule has 2 N–H and O–H groups in total. The molecule has 7 nitrogen and oxygen atoms in total. The van der Waals surface area contributed by atoms with Crippen molar-refractivity contribution in [3.63, 3.8) is 0 Å². The number of amides is 1. The van der Waals surface area contributed by atoms with Crippen LogP contribution in [-0.2, 0) is 11.3 Å². The summed E-state index contributed by atoms with van der Waals surface area (Å²) in [5.74, 6) is -0.470. The summed E-state index contributed by atoms with van der Waals surface area (Å²) in [6, 6.07) is 18.6. The van der Waals surface area contributed by atoms with Gasteiger partial charge >= 0.3 is 0 Å². The van der Waals surface area contributed by atoms with E-state index in [0.29, 0.717) is 9.97 Å². The molecular weight excluding hydrogens is 523 g/mol. The molecule has 0 aliphatic carbocycles. The third-order valence-electron chi connectivity index (χ3n) is 6.06. The maximum Gasteiger partial charge on any atom is 0.267 e. The van der Waals surface area contributed by atoms with Crippen molar-refractivity contribution in [2.45, 2.75) is 19.6 Å². The minimum Gasteiger partial charge on any atom is -0.387 e. The number of aliphatic hydroxyl groups excluding tert-OH is 1. The summed E-state index contributed by atoms with van der Waals surface area (Å²) in [7, 11) is 0. The lowest BCUT2D eigenvalue weighted by atomic mass is 10.1. The second-order valence-corrected chi connectivity index (χ2v) is 10.5. The Labute approximate surface area is 227 Å². The molecule has 1 atom stereocenters. The topological polar surface area (TPSA) is 86.9 Å². The van der Waals surface area contributed by atoms with E-state index >= 15 is 0 Å². The molecule has 1 fully saturated rings. The molecule has 1 aliphatic heterocycles. The molecule has 1 amide bonds. The Bertz CT molecular complexity index is 1620. The van der Waals surface area contributed by atoms with E-state index < -0.39 is 6.10 Å². The van der Waals surface area contributed by atoms with Gasteiger partial charge in [-0.25, -0.2) is 9.37 Å². The first-order chi connectivity index (χ1) is 18.3. The predicted molar refractivity (Wildman–Crippen MR) is 151 cm³/mol. The van der Waals surface area contributed by atoms with Crippen LogP contribution in [-0.4, -0.2) is 36.2 Å². The van der Waals surface area contributed by atoms with Crippen molar-refractivity contribution in [1.29, 1.82) is 0 Å². The maximum absolute atomic E-state index is 13.6. The number of halogens is 1. The highest BCUT2D eigenvalue weighted by Crippen LogP contribution is 2.34. The van der Waals surface area contributed by atoms with Gasteiger partial charge in [-0.1, -0.05) is 72.5 Å². The van der Waals surface area contributed by atoms with Gasteiger partial charge in [0.25, 0.3) is 11.5 Å². The zero-order valence-electron chi connectivity index (χ0n) is 20.3. The summed E-state index contributed by atoms with van der Waals surface area (Å²) < 4.78 is 15.1. The van der Waals surface area contributed by atoms with E-state index in [0.717, 1.165) is 28.5 Å². The highest BCUT2D eigenvalue weighted by Gasteiger charge is 2.32. The largest absolute Gasteiger partial charge is 0.387 e. The number of fused-ring (bicyclic) bond motifs is 1. The third kappa shape index (κ3) is 5.38. The second kappa shape index (κ2) is 10.9. The molecular formula is C28H23FN4O3S2. The molecule has 0 radical (unpaired) electrons. The zero-order chi connectivity index (χ0) is 26.8. The number of aliphatic hydroxyl groups is 1. The number of carbonyl (C=O) groups is 1. The van der Waals surface area contributed by atoms with Crippen LogP contribution in [0.3, 0.4) is 0 Å². The van der Waals surface area contributed by atoms with E-state index in [1.807, 2.05) is 43.3 Å². The summed E-state index contributed by atoms with van der Waals surface area (Å²) in [5.41, 5.74) is 2.56. The minimum atomic E-state index is -0.837. The van der Waals surface area contributed by atoms with E-state index in [1.54, 1.807) is 24.4 Å². The van der Waals surface area contributed by atoms with E-state index in [9.17, 15) is 19.1 Å². The number of nitrogens with one attached hydrogen (secondary N) is 1. The van der Waals surface area contributed by atoms with Gasteiger partial charge in [0.2, 0.25) is 0 Å². The van der Waals surface area contributed by atoms with Gasteiger partial charge in [0.05, 0.1) is 23.1 Å². The first kappa shape index (κ1) is 25.8.